The van der Waals surface area contributed by atoms with Gasteiger partial charge in [0.1, 0.15) is 5.75 Å². The van der Waals surface area contributed by atoms with E-state index in [0.717, 1.165) is 16.9 Å². The first-order valence-corrected chi connectivity index (χ1v) is 12.1. The highest BCUT2D eigenvalue weighted by atomic mass is 19.1. The van der Waals surface area contributed by atoms with Gasteiger partial charge in [-0.05, 0) is 54.7 Å². The van der Waals surface area contributed by atoms with Crippen LogP contribution in [0.25, 0.3) is 0 Å². The third-order valence-electron chi connectivity index (χ3n) is 6.99. The Kier molecular flexibility index (Phi) is 7.76. The SMILES string of the molecule is COc1cccc(CN2CCN(C(=O)CC[C@]3(Cc4ccc(F)c(OC)c4)CCC(=O)N3)CC2=O)c1. The van der Waals surface area contributed by atoms with Gasteiger partial charge in [0.15, 0.2) is 11.6 Å². The van der Waals surface area contributed by atoms with Crippen LogP contribution in [-0.4, -0.2) is 66.9 Å². The van der Waals surface area contributed by atoms with Crippen LogP contribution in [0.1, 0.15) is 36.8 Å². The molecule has 2 aliphatic heterocycles. The van der Waals surface area contributed by atoms with Gasteiger partial charge in [0.05, 0.1) is 20.8 Å². The van der Waals surface area contributed by atoms with Gasteiger partial charge < -0.3 is 24.6 Å². The van der Waals surface area contributed by atoms with E-state index in [1.807, 2.05) is 24.3 Å². The lowest BCUT2D eigenvalue weighted by atomic mass is 9.84. The molecule has 1 N–H and O–H groups in total. The first-order chi connectivity index (χ1) is 17.3. The van der Waals surface area contributed by atoms with Crippen molar-refractivity contribution in [2.75, 3.05) is 33.9 Å². The number of carbonyl (C=O) groups excluding carboxylic acids is 3. The number of halogens is 1. The summed E-state index contributed by atoms with van der Waals surface area (Å²) in [6, 6.07) is 12.2. The van der Waals surface area contributed by atoms with E-state index >= 15 is 0 Å². The second-order valence-electron chi connectivity index (χ2n) is 9.46. The molecule has 0 spiro atoms. The van der Waals surface area contributed by atoms with Gasteiger partial charge in [-0.2, -0.15) is 0 Å². The van der Waals surface area contributed by atoms with E-state index < -0.39 is 11.4 Å². The molecule has 1 atom stereocenters. The van der Waals surface area contributed by atoms with Crippen molar-refractivity contribution in [3.63, 3.8) is 0 Å². The molecule has 2 saturated heterocycles. The smallest absolute Gasteiger partial charge is 0.242 e. The Morgan fingerprint density at radius 2 is 1.92 bits per heavy atom. The maximum absolute atomic E-state index is 13.8. The molecule has 2 fully saturated rings. The summed E-state index contributed by atoms with van der Waals surface area (Å²) in [7, 11) is 3.01. The van der Waals surface area contributed by atoms with E-state index in [2.05, 4.69) is 5.32 Å². The highest BCUT2D eigenvalue weighted by molar-refractivity contribution is 5.86. The van der Waals surface area contributed by atoms with Gasteiger partial charge in [0.2, 0.25) is 17.7 Å². The first-order valence-electron chi connectivity index (χ1n) is 12.1. The van der Waals surface area contributed by atoms with Gasteiger partial charge >= 0.3 is 0 Å². The Labute approximate surface area is 210 Å². The van der Waals surface area contributed by atoms with Crippen LogP contribution in [0.3, 0.4) is 0 Å². The highest BCUT2D eigenvalue weighted by Gasteiger charge is 2.39. The molecule has 0 saturated carbocycles. The van der Waals surface area contributed by atoms with Crippen molar-refractivity contribution in [3.8, 4) is 11.5 Å². The normalized spacial score (nSPS) is 19.9. The largest absolute Gasteiger partial charge is 0.497 e. The molecule has 2 aromatic rings. The molecule has 8 nitrogen and oxygen atoms in total. The average Bonchev–Trinajstić information content (AvgIpc) is 3.25. The predicted molar refractivity (Wildman–Crippen MR) is 131 cm³/mol. The van der Waals surface area contributed by atoms with Crippen molar-refractivity contribution >= 4 is 17.7 Å². The molecule has 0 radical (unpaired) electrons. The lowest BCUT2D eigenvalue weighted by Gasteiger charge is -2.35. The van der Waals surface area contributed by atoms with Crippen LogP contribution in [0.4, 0.5) is 4.39 Å². The van der Waals surface area contributed by atoms with E-state index in [-0.39, 0.29) is 36.4 Å². The molecular weight excluding hydrogens is 465 g/mol. The van der Waals surface area contributed by atoms with Crippen LogP contribution in [-0.2, 0) is 27.3 Å². The van der Waals surface area contributed by atoms with Gasteiger partial charge in [0, 0.05) is 38.0 Å². The minimum absolute atomic E-state index is 0.0390. The Balaban J connectivity index is 1.35. The molecule has 0 unspecified atom stereocenters. The van der Waals surface area contributed by atoms with Gasteiger partial charge in [0.25, 0.3) is 0 Å². The van der Waals surface area contributed by atoms with Crippen LogP contribution in [0.15, 0.2) is 42.5 Å². The van der Waals surface area contributed by atoms with Crippen molar-refractivity contribution in [3.05, 3.63) is 59.4 Å². The Hall–Kier alpha value is -3.62. The number of nitrogens with zero attached hydrogens (tertiary/aromatic N) is 2. The second-order valence-corrected chi connectivity index (χ2v) is 9.46. The number of nitrogens with one attached hydrogen (secondary N) is 1. The topological polar surface area (TPSA) is 88.2 Å². The standard InChI is InChI=1S/C27H32FN3O5/c1-35-21-5-3-4-20(14-21)17-30-12-13-31(18-26(30)34)25(33)9-11-27(10-8-24(32)29-27)16-19-6-7-22(28)23(15-19)36-2/h3-7,14-15H,8-13,16-18H2,1-2H3,(H,29,32)/t27-/m0/s1. The molecule has 0 aliphatic carbocycles. The van der Waals surface area contributed by atoms with Crippen LogP contribution in [0, 0.1) is 5.82 Å². The third kappa shape index (κ3) is 5.95. The van der Waals surface area contributed by atoms with Crippen molar-refractivity contribution < 1.29 is 28.2 Å². The van der Waals surface area contributed by atoms with E-state index in [0.29, 0.717) is 45.3 Å². The van der Waals surface area contributed by atoms with Gasteiger partial charge in [-0.3, -0.25) is 14.4 Å². The lowest BCUT2D eigenvalue weighted by molar-refractivity contribution is -0.145. The molecule has 3 amide bonds. The summed E-state index contributed by atoms with van der Waals surface area (Å²) in [5, 5.41) is 3.05. The number of carbonyl (C=O) groups is 3. The van der Waals surface area contributed by atoms with Crippen LogP contribution < -0.4 is 14.8 Å². The van der Waals surface area contributed by atoms with Crippen molar-refractivity contribution in [2.45, 2.75) is 44.2 Å². The number of hydrogen-bond acceptors (Lipinski definition) is 5. The summed E-state index contributed by atoms with van der Waals surface area (Å²) >= 11 is 0. The molecule has 2 aromatic carbocycles. The van der Waals surface area contributed by atoms with Crippen molar-refractivity contribution in [1.82, 2.24) is 15.1 Å². The number of methoxy groups -OCH3 is 2. The molecule has 0 aromatic heterocycles. The number of piperazine rings is 1. The molecule has 2 aliphatic rings. The average molecular weight is 498 g/mol. The third-order valence-corrected chi connectivity index (χ3v) is 6.99. The fourth-order valence-electron chi connectivity index (χ4n) is 4.97. The summed E-state index contributed by atoms with van der Waals surface area (Å²) in [6.45, 7) is 1.42. The molecule has 0 bridgehead atoms. The molecule has 2 heterocycles. The predicted octanol–water partition coefficient (Wildman–Crippen LogP) is 2.69. The van der Waals surface area contributed by atoms with E-state index in [4.69, 9.17) is 9.47 Å². The quantitative estimate of drug-likeness (QED) is 0.576. The first kappa shape index (κ1) is 25.5. The zero-order chi connectivity index (χ0) is 25.7. The van der Waals surface area contributed by atoms with Gasteiger partial charge in [-0.15, -0.1) is 0 Å². The fourth-order valence-corrected chi connectivity index (χ4v) is 4.97. The zero-order valence-corrected chi connectivity index (χ0v) is 20.7. The van der Waals surface area contributed by atoms with Gasteiger partial charge in [-0.1, -0.05) is 18.2 Å². The summed E-state index contributed by atoms with van der Waals surface area (Å²) in [6.07, 6.45) is 2.09. The summed E-state index contributed by atoms with van der Waals surface area (Å²) in [5.41, 5.74) is 1.20. The number of benzene rings is 2. The maximum atomic E-state index is 13.8. The van der Waals surface area contributed by atoms with Gasteiger partial charge in [-0.25, -0.2) is 4.39 Å². The Morgan fingerprint density at radius 3 is 2.61 bits per heavy atom. The molecular formula is C27H32FN3O5. The number of hydrogen-bond donors (Lipinski definition) is 1. The minimum atomic E-state index is -0.590. The van der Waals surface area contributed by atoms with Crippen molar-refractivity contribution in [2.24, 2.45) is 0 Å². The summed E-state index contributed by atoms with van der Waals surface area (Å²) < 4.78 is 24.2. The second kappa shape index (κ2) is 11.0. The molecule has 4 rings (SSSR count). The van der Waals surface area contributed by atoms with Crippen LogP contribution >= 0.6 is 0 Å². The molecule has 36 heavy (non-hydrogen) atoms. The van der Waals surface area contributed by atoms with Crippen LogP contribution in [0.2, 0.25) is 0 Å². The number of ether oxygens (including phenoxy) is 2. The summed E-state index contributed by atoms with van der Waals surface area (Å²) in [5.74, 6) is 0.171. The zero-order valence-electron chi connectivity index (χ0n) is 20.7. The summed E-state index contributed by atoms with van der Waals surface area (Å²) in [4.78, 5) is 41.2. The van der Waals surface area contributed by atoms with E-state index in [9.17, 15) is 18.8 Å². The van der Waals surface area contributed by atoms with Crippen molar-refractivity contribution in [1.29, 1.82) is 0 Å². The lowest BCUT2D eigenvalue weighted by Crippen LogP contribution is -2.52. The monoisotopic (exact) mass is 497 g/mol. The molecule has 9 heteroatoms. The Morgan fingerprint density at radius 1 is 1.08 bits per heavy atom. The number of rotatable bonds is 9. The maximum Gasteiger partial charge on any atom is 0.242 e. The Bertz CT molecular complexity index is 1140. The van der Waals surface area contributed by atoms with E-state index in [1.54, 1.807) is 29.0 Å². The molecule has 192 valence electrons. The van der Waals surface area contributed by atoms with Crippen LogP contribution in [0.5, 0.6) is 11.5 Å². The van der Waals surface area contributed by atoms with E-state index in [1.165, 1.54) is 13.2 Å². The number of amides is 3. The fraction of sp³-hybridized carbons (Fsp3) is 0.444. The minimum Gasteiger partial charge on any atom is -0.497 e. The highest BCUT2D eigenvalue weighted by Crippen LogP contribution is 2.31.